The first-order chi connectivity index (χ1) is 21.8. The molecular formula is C42H26N2. The highest BCUT2D eigenvalue weighted by molar-refractivity contribution is 6.19. The van der Waals surface area contributed by atoms with E-state index in [0.717, 1.165) is 0 Å². The Morgan fingerprint density at radius 2 is 0.932 bits per heavy atom. The Bertz CT molecular complexity index is 2600. The first kappa shape index (κ1) is 23.7. The maximum Gasteiger partial charge on any atom is 0.0619 e. The summed E-state index contributed by atoms with van der Waals surface area (Å²) >= 11 is 0. The van der Waals surface area contributed by atoms with Gasteiger partial charge in [-0.15, -0.1) is 0 Å². The van der Waals surface area contributed by atoms with Gasteiger partial charge in [0.05, 0.1) is 27.8 Å². The summed E-state index contributed by atoms with van der Waals surface area (Å²) in [5.74, 6) is 0. The second kappa shape index (κ2) is 8.82. The summed E-state index contributed by atoms with van der Waals surface area (Å²) in [5.41, 5.74) is 14.8. The maximum absolute atomic E-state index is 2.48. The number of fused-ring (bicyclic) bond motifs is 11. The molecule has 0 fully saturated rings. The first-order valence-corrected chi connectivity index (χ1v) is 15.2. The van der Waals surface area contributed by atoms with Gasteiger partial charge in [0, 0.05) is 38.4 Å². The third-order valence-electron chi connectivity index (χ3n) is 9.44. The molecule has 3 heterocycles. The minimum absolute atomic E-state index is 1.17. The van der Waals surface area contributed by atoms with E-state index < -0.39 is 0 Å². The fourth-order valence-electron chi connectivity index (χ4n) is 7.58. The van der Waals surface area contributed by atoms with Crippen LogP contribution in [0.2, 0.25) is 0 Å². The lowest BCUT2D eigenvalue weighted by Gasteiger charge is -2.14. The van der Waals surface area contributed by atoms with Crippen molar-refractivity contribution in [3.63, 3.8) is 0 Å². The summed E-state index contributed by atoms with van der Waals surface area (Å²) < 4.78 is 4.93. The van der Waals surface area contributed by atoms with E-state index in [9.17, 15) is 0 Å². The average molecular weight is 559 g/mol. The van der Waals surface area contributed by atoms with Crippen molar-refractivity contribution in [2.24, 2.45) is 0 Å². The normalized spacial score (nSPS) is 12.1. The zero-order valence-corrected chi connectivity index (χ0v) is 23.9. The fourth-order valence-corrected chi connectivity index (χ4v) is 7.58. The lowest BCUT2D eigenvalue weighted by molar-refractivity contribution is 1.18. The molecule has 7 aromatic carbocycles. The van der Waals surface area contributed by atoms with Crippen LogP contribution in [0.15, 0.2) is 158 Å². The lowest BCUT2D eigenvalue weighted by Crippen LogP contribution is -1.96. The van der Waals surface area contributed by atoms with Gasteiger partial charge in [-0.3, -0.25) is 0 Å². The number of para-hydroxylation sites is 4. The summed E-state index contributed by atoms with van der Waals surface area (Å²) in [4.78, 5) is 0. The van der Waals surface area contributed by atoms with E-state index in [1.807, 2.05) is 0 Å². The Hall–Kier alpha value is -5.86. The van der Waals surface area contributed by atoms with Gasteiger partial charge < -0.3 is 9.13 Å². The molecule has 0 amide bonds. The Morgan fingerprint density at radius 3 is 1.80 bits per heavy atom. The third-order valence-corrected chi connectivity index (χ3v) is 9.44. The molecule has 9 aromatic rings. The van der Waals surface area contributed by atoms with E-state index in [2.05, 4.69) is 167 Å². The first-order valence-electron chi connectivity index (χ1n) is 15.2. The van der Waals surface area contributed by atoms with Crippen molar-refractivity contribution in [2.75, 3.05) is 0 Å². The predicted octanol–water partition coefficient (Wildman–Crippen LogP) is 11.2. The number of rotatable bonds is 2. The van der Waals surface area contributed by atoms with Gasteiger partial charge in [-0.05, 0) is 64.7 Å². The smallest absolute Gasteiger partial charge is 0.0619 e. The van der Waals surface area contributed by atoms with Gasteiger partial charge in [0.25, 0.3) is 0 Å². The van der Waals surface area contributed by atoms with Crippen molar-refractivity contribution in [2.45, 2.75) is 0 Å². The summed E-state index contributed by atoms with van der Waals surface area (Å²) in [6.45, 7) is 0. The number of hydrogen-bond donors (Lipinski definition) is 0. The molecule has 0 radical (unpaired) electrons. The van der Waals surface area contributed by atoms with Crippen LogP contribution in [0.3, 0.4) is 0 Å². The van der Waals surface area contributed by atoms with Gasteiger partial charge in [0.2, 0.25) is 0 Å². The molecule has 44 heavy (non-hydrogen) atoms. The van der Waals surface area contributed by atoms with Crippen LogP contribution in [-0.2, 0) is 0 Å². The third kappa shape index (κ3) is 3.14. The highest BCUT2D eigenvalue weighted by atomic mass is 15.0. The van der Waals surface area contributed by atoms with Gasteiger partial charge in [0.15, 0.2) is 0 Å². The zero-order valence-electron chi connectivity index (χ0n) is 23.9. The maximum atomic E-state index is 2.48. The van der Waals surface area contributed by atoms with Crippen LogP contribution < -0.4 is 0 Å². The molecule has 0 bridgehead atoms. The van der Waals surface area contributed by atoms with Crippen LogP contribution in [0, 0.1) is 0 Å². The molecule has 1 aliphatic rings. The fraction of sp³-hybridized carbons (Fsp3) is 0. The van der Waals surface area contributed by atoms with Crippen molar-refractivity contribution < 1.29 is 0 Å². The van der Waals surface area contributed by atoms with Crippen molar-refractivity contribution in [1.29, 1.82) is 0 Å². The van der Waals surface area contributed by atoms with Gasteiger partial charge in [-0.2, -0.15) is 0 Å². The molecule has 0 atom stereocenters. The topological polar surface area (TPSA) is 9.86 Å². The molecule has 0 saturated heterocycles. The monoisotopic (exact) mass is 558 g/mol. The molecule has 10 rings (SSSR count). The summed E-state index contributed by atoms with van der Waals surface area (Å²) in [7, 11) is 0. The van der Waals surface area contributed by atoms with Gasteiger partial charge in [0.1, 0.15) is 0 Å². The Kier molecular flexibility index (Phi) is 4.75. The van der Waals surface area contributed by atoms with Crippen molar-refractivity contribution in [3.05, 3.63) is 158 Å². The van der Waals surface area contributed by atoms with E-state index in [4.69, 9.17) is 0 Å². The molecule has 0 aliphatic carbocycles. The Balaban J connectivity index is 1.34. The summed E-state index contributed by atoms with van der Waals surface area (Å²) in [5, 5.41) is 5.11. The van der Waals surface area contributed by atoms with Gasteiger partial charge in [-0.1, -0.05) is 115 Å². The summed E-state index contributed by atoms with van der Waals surface area (Å²) in [6, 6.07) is 57.8. The van der Waals surface area contributed by atoms with Crippen LogP contribution in [0.25, 0.3) is 88.4 Å². The number of benzene rings is 7. The molecule has 0 N–H and O–H groups in total. The molecule has 2 aromatic heterocycles. The molecular weight excluding hydrogens is 532 g/mol. The Labute approximate surface area is 254 Å². The van der Waals surface area contributed by atoms with Gasteiger partial charge in [-0.25, -0.2) is 0 Å². The second-order valence-electron chi connectivity index (χ2n) is 11.8. The molecule has 0 spiro atoms. The Morgan fingerprint density at radius 1 is 0.318 bits per heavy atom. The lowest BCUT2D eigenvalue weighted by atomic mass is 9.92. The molecule has 204 valence electrons. The van der Waals surface area contributed by atoms with Crippen molar-refractivity contribution in [3.8, 4) is 44.8 Å². The molecule has 0 unspecified atom stereocenters. The summed E-state index contributed by atoms with van der Waals surface area (Å²) in [6.07, 6.45) is 0. The highest BCUT2D eigenvalue weighted by Crippen LogP contribution is 2.49. The van der Waals surface area contributed by atoms with Crippen LogP contribution in [-0.4, -0.2) is 9.13 Å². The van der Waals surface area contributed by atoms with E-state index in [0.29, 0.717) is 0 Å². The highest BCUT2D eigenvalue weighted by Gasteiger charge is 2.26. The van der Waals surface area contributed by atoms with E-state index in [1.54, 1.807) is 0 Å². The number of nitrogens with zero attached hydrogens (tertiary/aromatic N) is 2. The van der Waals surface area contributed by atoms with Crippen LogP contribution in [0.4, 0.5) is 0 Å². The number of aromatic nitrogens is 2. The van der Waals surface area contributed by atoms with Crippen LogP contribution >= 0.6 is 0 Å². The average Bonchev–Trinajstić information content (AvgIpc) is 3.57. The largest absolute Gasteiger partial charge is 0.309 e. The standard InChI is InChI=1S/C42H26N2/c1-2-12-27(13-3-1)28-14-10-15-29(24-28)43-38-21-7-6-18-32(38)37-25-35-34-20-11-19-33-30-16-4-8-22-39(30)44(42(33)34)40-23-9-5-17-31(40)36(35)26-41(37)43/h1-26H. The molecule has 2 nitrogen and oxygen atoms in total. The van der Waals surface area contributed by atoms with E-state index in [-0.39, 0.29) is 0 Å². The van der Waals surface area contributed by atoms with Gasteiger partial charge >= 0.3 is 0 Å². The van der Waals surface area contributed by atoms with E-state index >= 15 is 0 Å². The van der Waals surface area contributed by atoms with E-state index in [1.165, 1.54) is 88.4 Å². The quantitative estimate of drug-likeness (QED) is 0.200. The zero-order chi connectivity index (χ0) is 28.8. The minimum Gasteiger partial charge on any atom is -0.309 e. The number of hydrogen-bond acceptors (Lipinski definition) is 0. The van der Waals surface area contributed by atoms with Crippen LogP contribution in [0.5, 0.6) is 0 Å². The molecule has 0 saturated carbocycles. The molecule has 1 aliphatic heterocycles. The predicted molar refractivity (Wildman–Crippen MR) is 185 cm³/mol. The van der Waals surface area contributed by atoms with Crippen molar-refractivity contribution >= 4 is 43.6 Å². The minimum atomic E-state index is 1.17. The SMILES string of the molecule is c1ccc(-c2cccc(-n3c4ccccc4c4cc5c(cc43)-c3ccccc3-n3c4ccccc4c4cccc-5c43)c2)cc1. The van der Waals surface area contributed by atoms with Crippen LogP contribution in [0.1, 0.15) is 0 Å². The van der Waals surface area contributed by atoms with Crippen molar-refractivity contribution in [1.82, 2.24) is 9.13 Å². The molecule has 2 heteroatoms. The second-order valence-corrected chi connectivity index (χ2v) is 11.8.